The van der Waals surface area contributed by atoms with E-state index in [-0.39, 0.29) is 0 Å². The molecule has 0 bridgehead atoms. The van der Waals surface area contributed by atoms with Gasteiger partial charge in [-0.3, -0.25) is 4.79 Å². The molecule has 0 saturated heterocycles. The average Bonchev–Trinajstić information content (AvgIpc) is 2.47. The third-order valence-corrected chi connectivity index (χ3v) is 2.28. The van der Waals surface area contributed by atoms with Crippen LogP contribution in [0.4, 0.5) is 0 Å². The van der Waals surface area contributed by atoms with Crippen molar-refractivity contribution in [1.29, 1.82) is 0 Å². The van der Waals surface area contributed by atoms with Gasteiger partial charge in [-0.2, -0.15) is 0 Å². The highest BCUT2D eigenvalue weighted by atomic mass is 16.4. The number of carboxylic acid groups (broad SMARTS) is 1. The smallest absolute Gasteiger partial charge is 0.323 e. The molecule has 0 aliphatic rings. The van der Waals surface area contributed by atoms with Crippen LogP contribution in [-0.4, -0.2) is 26.2 Å². The van der Waals surface area contributed by atoms with Gasteiger partial charge >= 0.3 is 5.97 Å². The van der Waals surface area contributed by atoms with Gasteiger partial charge in [-0.1, -0.05) is 0 Å². The molecule has 1 atom stereocenters. The van der Waals surface area contributed by atoms with Gasteiger partial charge in [0.2, 0.25) is 0 Å². The number of rotatable bonds is 4. The standard InChI is InChI=1S/C9H15N3O2/c1-7-11-4-6-12(7)5-3-9(2,10)8(13)14/h4,6H,3,5,10H2,1-2H3,(H,13,14). The lowest BCUT2D eigenvalue weighted by atomic mass is 10.00. The maximum Gasteiger partial charge on any atom is 0.323 e. The number of hydrogen-bond acceptors (Lipinski definition) is 3. The molecule has 1 unspecified atom stereocenters. The summed E-state index contributed by atoms with van der Waals surface area (Å²) in [6.45, 7) is 3.96. The number of carboxylic acids is 1. The third kappa shape index (κ3) is 2.32. The van der Waals surface area contributed by atoms with Crippen LogP contribution >= 0.6 is 0 Å². The van der Waals surface area contributed by atoms with Crippen molar-refractivity contribution in [3.63, 3.8) is 0 Å². The summed E-state index contributed by atoms with van der Waals surface area (Å²) in [5.74, 6) is -0.110. The van der Waals surface area contributed by atoms with Crippen molar-refractivity contribution < 1.29 is 9.90 Å². The van der Waals surface area contributed by atoms with E-state index in [4.69, 9.17) is 10.8 Å². The topological polar surface area (TPSA) is 81.1 Å². The Labute approximate surface area is 82.6 Å². The highest BCUT2D eigenvalue weighted by molar-refractivity contribution is 5.77. The fourth-order valence-corrected chi connectivity index (χ4v) is 1.10. The first-order chi connectivity index (χ1) is 6.43. The Balaban J connectivity index is 2.57. The Kier molecular flexibility index (Phi) is 2.90. The SMILES string of the molecule is Cc1nccn1CCC(C)(N)C(=O)O. The van der Waals surface area contributed by atoms with E-state index in [1.54, 1.807) is 6.20 Å². The molecule has 0 aliphatic heterocycles. The molecular weight excluding hydrogens is 182 g/mol. The number of nitrogens with zero attached hydrogens (tertiary/aromatic N) is 2. The van der Waals surface area contributed by atoms with E-state index in [1.165, 1.54) is 6.92 Å². The van der Waals surface area contributed by atoms with E-state index in [1.807, 2.05) is 17.7 Å². The van der Waals surface area contributed by atoms with Crippen LogP contribution in [-0.2, 0) is 11.3 Å². The average molecular weight is 197 g/mol. The van der Waals surface area contributed by atoms with Crippen LogP contribution in [0, 0.1) is 6.92 Å². The quantitative estimate of drug-likeness (QED) is 0.731. The molecule has 0 aliphatic carbocycles. The van der Waals surface area contributed by atoms with E-state index >= 15 is 0 Å². The highest BCUT2D eigenvalue weighted by Gasteiger charge is 2.27. The highest BCUT2D eigenvalue weighted by Crippen LogP contribution is 2.08. The van der Waals surface area contributed by atoms with Crippen LogP contribution in [0.3, 0.4) is 0 Å². The van der Waals surface area contributed by atoms with Crippen molar-refractivity contribution in [2.45, 2.75) is 32.4 Å². The van der Waals surface area contributed by atoms with E-state index < -0.39 is 11.5 Å². The third-order valence-electron chi connectivity index (χ3n) is 2.28. The fourth-order valence-electron chi connectivity index (χ4n) is 1.10. The molecule has 0 aromatic carbocycles. The van der Waals surface area contributed by atoms with Crippen LogP contribution in [0.1, 0.15) is 19.2 Å². The van der Waals surface area contributed by atoms with Crippen LogP contribution in [0.5, 0.6) is 0 Å². The van der Waals surface area contributed by atoms with Gasteiger partial charge in [0.15, 0.2) is 0 Å². The summed E-state index contributed by atoms with van der Waals surface area (Å²) in [6, 6.07) is 0. The minimum atomic E-state index is -1.17. The molecule has 0 spiro atoms. The van der Waals surface area contributed by atoms with Crippen molar-refractivity contribution in [2.24, 2.45) is 5.73 Å². The minimum Gasteiger partial charge on any atom is -0.480 e. The molecule has 0 fully saturated rings. The number of imidazole rings is 1. The Morgan fingerprint density at radius 1 is 1.79 bits per heavy atom. The predicted molar refractivity (Wildman–Crippen MR) is 51.8 cm³/mol. The second kappa shape index (κ2) is 3.79. The maximum absolute atomic E-state index is 10.7. The zero-order chi connectivity index (χ0) is 10.8. The van der Waals surface area contributed by atoms with E-state index in [2.05, 4.69) is 4.98 Å². The van der Waals surface area contributed by atoms with E-state index in [0.29, 0.717) is 13.0 Å². The van der Waals surface area contributed by atoms with Gasteiger partial charge in [-0.05, 0) is 20.3 Å². The molecule has 0 amide bonds. The second-order valence-electron chi connectivity index (χ2n) is 3.64. The zero-order valence-electron chi connectivity index (χ0n) is 8.40. The molecule has 3 N–H and O–H groups in total. The van der Waals surface area contributed by atoms with Gasteiger partial charge in [-0.25, -0.2) is 4.98 Å². The van der Waals surface area contributed by atoms with Crippen LogP contribution in [0.15, 0.2) is 12.4 Å². The number of aryl methyl sites for hydroxylation is 2. The van der Waals surface area contributed by atoms with Crippen molar-refractivity contribution >= 4 is 5.97 Å². The molecule has 0 saturated carbocycles. The normalized spacial score (nSPS) is 15.1. The summed E-state index contributed by atoms with van der Waals surface area (Å²) in [5, 5.41) is 8.79. The molecule has 1 heterocycles. The first-order valence-electron chi connectivity index (χ1n) is 4.43. The summed E-state index contributed by atoms with van der Waals surface area (Å²) in [7, 11) is 0. The Morgan fingerprint density at radius 3 is 2.86 bits per heavy atom. The molecule has 1 aromatic heterocycles. The number of carbonyl (C=O) groups is 1. The number of aromatic nitrogens is 2. The summed E-state index contributed by atoms with van der Waals surface area (Å²) in [6.07, 6.45) is 3.89. The predicted octanol–water partition coefficient (Wildman–Crippen LogP) is 0.384. The Hall–Kier alpha value is -1.36. The van der Waals surface area contributed by atoms with Crippen molar-refractivity contribution in [3.05, 3.63) is 18.2 Å². The van der Waals surface area contributed by atoms with Crippen LogP contribution in [0.25, 0.3) is 0 Å². The van der Waals surface area contributed by atoms with Gasteiger partial charge in [0.05, 0.1) is 0 Å². The summed E-state index contributed by atoms with van der Waals surface area (Å²) in [4.78, 5) is 14.8. The van der Waals surface area contributed by atoms with E-state index in [0.717, 1.165) is 5.82 Å². The van der Waals surface area contributed by atoms with Crippen molar-refractivity contribution in [3.8, 4) is 0 Å². The van der Waals surface area contributed by atoms with Crippen LogP contribution in [0.2, 0.25) is 0 Å². The first-order valence-corrected chi connectivity index (χ1v) is 4.43. The van der Waals surface area contributed by atoms with Gasteiger partial charge in [0.25, 0.3) is 0 Å². The van der Waals surface area contributed by atoms with Gasteiger partial charge in [0, 0.05) is 18.9 Å². The van der Waals surface area contributed by atoms with Gasteiger partial charge in [-0.15, -0.1) is 0 Å². The second-order valence-corrected chi connectivity index (χ2v) is 3.64. The number of hydrogen-bond donors (Lipinski definition) is 2. The molecule has 1 rings (SSSR count). The Bertz CT molecular complexity index is 331. The summed E-state index contributed by atoms with van der Waals surface area (Å²) in [5.41, 5.74) is 4.42. The summed E-state index contributed by atoms with van der Waals surface area (Å²) >= 11 is 0. The monoisotopic (exact) mass is 197 g/mol. The molecule has 5 heteroatoms. The van der Waals surface area contributed by atoms with E-state index in [9.17, 15) is 4.79 Å². The Morgan fingerprint density at radius 2 is 2.43 bits per heavy atom. The summed E-state index contributed by atoms with van der Waals surface area (Å²) < 4.78 is 1.88. The molecular formula is C9H15N3O2. The molecule has 1 aromatic rings. The number of nitrogens with two attached hydrogens (primary N) is 1. The minimum absolute atomic E-state index is 0.388. The maximum atomic E-state index is 10.7. The van der Waals surface area contributed by atoms with Gasteiger partial charge in [0.1, 0.15) is 11.4 Å². The molecule has 0 radical (unpaired) electrons. The van der Waals surface area contributed by atoms with Crippen molar-refractivity contribution in [2.75, 3.05) is 0 Å². The fraction of sp³-hybridized carbons (Fsp3) is 0.556. The lowest BCUT2D eigenvalue weighted by Gasteiger charge is -2.19. The lowest BCUT2D eigenvalue weighted by Crippen LogP contribution is -2.45. The van der Waals surface area contributed by atoms with Crippen molar-refractivity contribution in [1.82, 2.24) is 9.55 Å². The molecule has 5 nitrogen and oxygen atoms in total. The zero-order valence-corrected chi connectivity index (χ0v) is 8.40. The lowest BCUT2D eigenvalue weighted by molar-refractivity contribution is -0.143. The first kappa shape index (κ1) is 10.7. The molecule has 14 heavy (non-hydrogen) atoms. The van der Waals surface area contributed by atoms with Crippen LogP contribution < -0.4 is 5.73 Å². The molecule has 78 valence electrons. The largest absolute Gasteiger partial charge is 0.480 e. The van der Waals surface area contributed by atoms with Gasteiger partial charge < -0.3 is 15.4 Å². The number of aliphatic carboxylic acids is 1.